The molecule has 45 heavy (non-hydrogen) atoms. The number of fused-ring (bicyclic) bond motifs is 6. The van der Waals surface area contributed by atoms with Crippen molar-refractivity contribution < 1.29 is 23.5 Å². The quantitative estimate of drug-likeness (QED) is 0.230. The second-order valence-corrected chi connectivity index (χ2v) is 11.8. The molecule has 2 aromatic carbocycles. The highest BCUT2D eigenvalue weighted by molar-refractivity contribution is 6.31. The molecule has 232 valence electrons. The maximum absolute atomic E-state index is 14.8. The second kappa shape index (κ2) is 12.7. The minimum Gasteiger partial charge on any atom is -0.441 e. The molecule has 2 aliphatic rings. The Morgan fingerprint density at radius 1 is 1.07 bits per heavy atom. The first-order valence-corrected chi connectivity index (χ1v) is 15.2. The van der Waals surface area contributed by atoms with Crippen LogP contribution in [0.1, 0.15) is 61.8 Å². The zero-order chi connectivity index (χ0) is 31.7. The summed E-state index contributed by atoms with van der Waals surface area (Å²) in [6.07, 6.45) is 2.86. The number of halogens is 2. The molecule has 0 fully saturated rings. The number of hydrogen-bond donors (Lipinski definition) is 3. The Labute approximate surface area is 262 Å². The number of cyclic esters (lactones) is 1. The molecule has 6 rings (SSSR count). The summed E-state index contributed by atoms with van der Waals surface area (Å²) in [5.74, 6) is -1.47. The minimum atomic E-state index is -0.837. The van der Waals surface area contributed by atoms with Crippen molar-refractivity contribution >= 4 is 51.8 Å². The van der Waals surface area contributed by atoms with Crippen molar-refractivity contribution in [1.29, 1.82) is 0 Å². The highest BCUT2D eigenvalue weighted by Crippen LogP contribution is 2.39. The number of aromatic amines is 1. The smallest absolute Gasteiger partial charge is 0.412 e. The molecule has 2 aliphatic heterocycles. The summed E-state index contributed by atoms with van der Waals surface area (Å²) in [6, 6.07) is 13.4. The summed E-state index contributed by atoms with van der Waals surface area (Å²) in [7, 11) is 1.71. The maximum Gasteiger partial charge on any atom is 0.412 e. The van der Waals surface area contributed by atoms with Crippen LogP contribution in [0.2, 0.25) is 5.02 Å². The lowest BCUT2D eigenvalue weighted by atomic mass is 9.92. The number of pyridine rings is 2. The van der Waals surface area contributed by atoms with Gasteiger partial charge >= 0.3 is 6.09 Å². The lowest BCUT2D eigenvalue weighted by Crippen LogP contribution is -2.33. The molecule has 2 aromatic heterocycles. The van der Waals surface area contributed by atoms with Crippen molar-refractivity contribution in [3.8, 4) is 11.1 Å². The second-order valence-electron chi connectivity index (χ2n) is 11.4. The maximum atomic E-state index is 14.8. The van der Waals surface area contributed by atoms with Crippen LogP contribution in [0, 0.1) is 5.82 Å². The molecule has 10 nitrogen and oxygen atoms in total. The van der Waals surface area contributed by atoms with Gasteiger partial charge in [0, 0.05) is 37.8 Å². The van der Waals surface area contributed by atoms with Gasteiger partial charge in [0.1, 0.15) is 6.10 Å². The van der Waals surface area contributed by atoms with Gasteiger partial charge in [-0.05, 0) is 79.1 Å². The Hall–Kier alpha value is -4.77. The van der Waals surface area contributed by atoms with E-state index in [4.69, 9.17) is 16.3 Å². The standard InChI is InChI=1S/C33H31ClFN5O5/c1-40(14-4-6-27-30-23(39-33(44)45-27)10-9-22(34)31(30)35)32(43)20-5-2-3-7-28(41)38-26-17-24-19(8-11-29(42)37-24)15-21(26)18-12-13-36-25(20)16-18/h8-13,15-17,20,27H,2-7,14H2,1H3,(H,37,42)(H,38,41)(H,39,44). The van der Waals surface area contributed by atoms with Gasteiger partial charge in [-0.25, -0.2) is 9.18 Å². The van der Waals surface area contributed by atoms with E-state index in [2.05, 4.69) is 20.6 Å². The number of ether oxygens (including phenoxy) is 1. The summed E-state index contributed by atoms with van der Waals surface area (Å²) >= 11 is 5.98. The molecule has 2 atom stereocenters. The van der Waals surface area contributed by atoms with Crippen LogP contribution in [0.4, 0.5) is 20.6 Å². The Morgan fingerprint density at radius 2 is 1.91 bits per heavy atom. The fraction of sp³-hybridized carbons (Fsp3) is 0.303. The van der Waals surface area contributed by atoms with Gasteiger partial charge < -0.3 is 19.9 Å². The van der Waals surface area contributed by atoms with E-state index in [1.54, 1.807) is 36.3 Å². The summed E-state index contributed by atoms with van der Waals surface area (Å²) in [4.78, 5) is 59.7. The van der Waals surface area contributed by atoms with Crippen LogP contribution in [0.5, 0.6) is 0 Å². The van der Waals surface area contributed by atoms with E-state index in [1.165, 1.54) is 12.1 Å². The predicted octanol–water partition coefficient (Wildman–Crippen LogP) is 6.52. The van der Waals surface area contributed by atoms with Crippen molar-refractivity contribution in [2.75, 3.05) is 24.2 Å². The number of nitrogens with zero attached hydrogens (tertiary/aromatic N) is 2. The predicted molar refractivity (Wildman–Crippen MR) is 169 cm³/mol. The fourth-order valence-electron chi connectivity index (χ4n) is 6.01. The molecule has 0 saturated heterocycles. The van der Waals surface area contributed by atoms with Crippen molar-refractivity contribution in [3.63, 3.8) is 0 Å². The molecule has 4 heterocycles. The molecule has 0 spiro atoms. The first kappa shape index (κ1) is 30.3. The highest BCUT2D eigenvalue weighted by Gasteiger charge is 2.31. The van der Waals surface area contributed by atoms with Crippen molar-refractivity contribution in [1.82, 2.24) is 14.9 Å². The monoisotopic (exact) mass is 631 g/mol. The number of carbonyl (C=O) groups is 3. The van der Waals surface area contributed by atoms with Crippen LogP contribution in [0.3, 0.4) is 0 Å². The molecular weight excluding hydrogens is 601 g/mol. The average Bonchev–Trinajstić information content (AvgIpc) is 3.01. The van der Waals surface area contributed by atoms with Crippen LogP contribution in [0.25, 0.3) is 22.0 Å². The summed E-state index contributed by atoms with van der Waals surface area (Å²) in [5.41, 5.74) is 3.57. The van der Waals surface area contributed by atoms with E-state index in [0.717, 1.165) is 16.5 Å². The molecule has 0 saturated carbocycles. The summed E-state index contributed by atoms with van der Waals surface area (Å²) in [6.45, 7) is 0.337. The first-order valence-electron chi connectivity index (χ1n) is 14.8. The number of H-pyrrole nitrogens is 1. The first-order chi connectivity index (χ1) is 21.7. The van der Waals surface area contributed by atoms with Crippen LogP contribution in [-0.4, -0.2) is 46.4 Å². The average molecular weight is 632 g/mol. The Bertz CT molecular complexity index is 1880. The molecule has 3 amide bonds. The number of rotatable bonds is 5. The summed E-state index contributed by atoms with van der Waals surface area (Å²) < 4.78 is 20.2. The number of benzene rings is 2. The van der Waals surface area contributed by atoms with E-state index >= 15 is 0 Å². The van der Waals surface area contributed by atoms with Crippen LogP contribution in [0.15, 0.2) is 59.5 Å². The van der Waals surface area contributed by atoms with Crippen LogP contribution in [-0.2, 0) is 14.3 Å². The van der Waals surface area contributed by atoms with Crippen LogP contribution < -0.4 is 16.2 Å². The number of hydrogen-bond acceptors (Lipinski definition) is 6. The van der Waals surface area contributed by atoms with Gasteiger partial charge in [-0.1, -0.05) is 18.0 Å². The van der Waals surface area contributed by atoms with Crippen molar-refractivity contribution in [2.24, 2.45) is 0 Å². The lowest BCUT2D eigenvalue weighted by molar-refractivity contribution is -0.132. The van der Waals surface area contributed by atoms with E-state index in [1.807, 2.05) is 18.2 Å². The van der Waals surface area contributed by atoms with E-state index in [9.17, 15) is 23.6 Å². The van der Waals surface area contributed by atoms with Gasteiger partial charge in [0.25, 0.3) is 0 Å². The molecule has 4 aromatic rings. The number of aromatic nitrogens is 2. The molecule has 12 heteroatoms. The largest absolute Gasteiger partial charge is 0.441 e. The van der Waals surface area contributed by atoms with Crippen molar-refractivity contribution in [3.05, 3.63) is 87.2 Å². The van der Waals surface area contributed by atoms with Gasteiger partial charge in [0.2, 0.25) is 17.4 Å². The SMILES string of the molecule is CN(CCCC1OC(=O)Nc2ccc(Cl)c(F)c21)C(=O)C1CCCCC(=O)Nc2cc3[nH]c(=O)ccc3cc2-c2ccnc1c2. The van der Waals surface area contributed by atoms with Crippen LogP contribution >= 0.6 is 11.6 Å². The zero-order valence-corrected chi connectivity index (χ0v) is 25.2. The van der Waals surface area contributed by atoms with E-state index in [0.29, 0.717) is 61.2 Å². The number of amides is 3. The molecule has 0 radical (unpaired) electrons. The highest BCUT2D eigenvalue weighted by atomic mass is 35.5. The molecule has 0 aliphatic carbocycles. The van der Waals surface area contributed by atoms with E-state index < -0.39 is 23.9 Å². The zero-order valence-electron chi connectivity index (χ0n) is 24.5. The van der Waals surface area contributed by atoms with Gasteiger partial charge in [0.05, 0.1) is 39.1 Å². The Morgan fingerprint density at radius 3 is 2.76 bits per heavy atom. The fourth-order valence-corrected chi connectivity index (χ4v) is 6.17. The number of anilines is 2. The molecular formula is C33H31ClFN5O5. The van der Waals surface area contributed by atoms with Gasteiger partial charge in [-0.15, -0.1) is 0 Å². The topological polar surface area (TPSA) is 133 Å². The third-order valence-electron chi connectivity index (χ3n) is 8.31. The normalized spacial score (nSPS) is 17.9. The minimum absolute atomic E-state index is 0.0637. The number of nitrogens with one attached hydrogen (secondary N) is 3. The molecule has 3 N–H and O–H groups in total. The third kappa shape index (κ3) is 6.39. The van der Waals surface area contributed by atoms with Gasteiger partial charge in [-0.2, -0.15) is 0 Å². The number of carbonyl (C=O) groups excluding carboxylic acids is 3. The summed E-state index contributed by atoms with van der Waals surface area (Å²) in [5, 5.41) is 6.23. The molecule has 2 unspecified atom stereocenters. The van der Waals surface area contributed by atoms with Crippen molar-refractivity contribution in [2.45, 2.75) is 50.5 Å². The lowest BCUT2D eigenvalue weighted by Gasteiger charge is -2.28. The van der Waals surface area contributed by atoms with Gasteiger partial charge in [0.15, 0.2) is 5.82 Å². The van der Waals surface area contributed by atoms with Gasteiger partial charge in [-0.3, -0.25) is 24.7 Å². The Balaban J connectivity index is 1.24. The van der Waals surface area contributed by atoms with E-state index in [-0.39, 0.29) is 34.4 Å². The third-order valence-corrected chi connectivity index (χ3v) is 8.60. The molecule has 2 bridgehead atoms. The Kier molecular flexibility index (Phi) is 8.53. The number of likely N-dealkylation sites (N-methyl/N-ethyl adjacent to an activating group) is 1.